The molecule has 1 heterocycles. The molecular weight excluding hydrogens is 194 g/mol. The Morgan fingerprint density at radius 2 is 1.79 bits per heavy atom. The van der Waals surface area contributed by atoms with E-state index < -0.39 is 0 Å². The number of rotatable bonds is 1. The standard InChI is InChI=1S/C12H12ClN/c1-8(2)12-10-6-4-3-5-9(10)11(13)7-14-12/h3-8H,1-2H3. The molecule has 2 heteroatoms. The van der Waals surface area contributed by atoms with E-state index in [2.05, 4.69) is 24.9 Å². The van der Waals surface area contributed by atoms with E-state index in [9.17, 15) is 0 Å². The second-order valence-corrected chi connectivity index (χ2v) is 4.10. The molecular formula is C12H12ClN. The number of hydrogen-bond acceptors (Lipinski definition) is 1. The van der Waals surface area contributed by atoms with E-state index in [1.165, 1.54) is 0 Å². The fraction of sp³-hybridized carbons (Fsp3) is 0.250. The fourth-order valence-corrected chi connectivity index (χ4v) is 1.85. The maximum atomic E-state index is 6.07. The molecule has 72 valence electrons. The average molecular weight is 206 g/mol. The first-order chi connectivity index (χ1) is 6.70. The van der Waals surface area contributed by atoms with Crippen molar-refractivity contribution in [2.24, 2.45) is 0 Å². The van der Waals surface area contributed by atoms with Crippen molar-refractivity contribution in [2.45, 2.75) is 19.8 Å². The molecule has 1 nitrogen and oxygen atoms in total. The van der Waals surface area contributed by atoms with Crippen LogP contribution in [0.25, 0.3) is 10.8 Å². The normalized spacial score (nSPS) is 11.1. The van der Waals surface area contributed by atoms with E-state index >= 15 is 0 Å². The Morgan fingerprint density at radius 1 is 1.14 bits per heavy atom. The molecule has 0 radical (unpaired) electrons. The maximum Gasteiger partial charge on any atom is 0.0667 e. The van der Waals surface area contributed by atoms with E-state index in [1.54, 1.807) is 6.20 Å². The Hall–Kier alpha value is -1.08. The molecule has 0 saturated carbocycles. The number of hydrogen-bond donors (Lipinski definition) is 0. The van der Waals surface area contributed by atoms with E-state index in [0.29, 0.717) is 5.92 Å². The van der Waals surface area contributed by atoms with Gasteiger partial charge in [0.25, 0.3) is 0 Å². The summed E-state index contributed by atoms with van der Waals surface area (Å²) in [5.41, 5.74) is 1.12. The van der Waals surface area contributed by atoms with Crippen molar-refractivity contribution in [1.82, 2.24) is 4.98 Å². The summed E-state index contributed by atoms with van der Waals surface area (Å²) in [6, 6.07) is 8.12. The van der Waals surface area contributed by atoms with Crippen LogP contribution in [-0.2, 0) is 0 Å². The number of halogens is 1. The highest BCUT2D eigenvalue weighted by atomic mass is 35.5. The predicted octanol–water partition coefficient (Wildman–Crippen LogP) is 4.01. The molecule has 0 amide bonds. The highest BCUT2D eigenvalue weighted by Crippen LogP contribution is 2.28. The highest BCUT2D eigenvalue weighted by molar-refractivity contribution is 6.35. The molecule has 0 N–H and O–H groups in total. The largest absolute Gasteiger partial charge is 0.259 e. The lowest BCUT2D eigenvalue weighted by molar-refractivity contribution is 0.834. The van der Waals surface area contributed by atoms with Crippen molar-refractivity contribution in [3.63, 3.8) is 0 Å². The first kappa shape index (κ1) is 9.47. The van der Waals surface area contributed by atoms with Gasteiger partial charge in [0.15, 0.2) is 0 Å². The summed E-state index contributed by atoms with van der Waals surface area (Å²) in [6.07, 6.45) is 1.74. The monoisotopic (exact) mass is 205 g/mol. The van der Waals surface area contributed by atoms with Crippen molar-refractivity contribution in [2.75, 3.05) is 0 Å². The van der Waals surface area contributed by atoms with Crippen LogP contribution in [-0.4, -0.2) is 4.98 Å². The van der Waals surface area contributed by atoms with Gasteiger partial charge in [-0.1, -0.05) is 49.7 Å². The summed E-state index contributed by atoms with van der Waals surface area (Å²) in [4.78, 5) is 4.37. The van der Waals surface area contributed by atoms with Gasteiger partial charge in [0.1, 0.15) is 0 Å². The minimum atomic E-state index is 0.428. The number of aromatic nitrogens is 1. The van der Waals surface area contributed by atoms with Crippen LogP contribution < -0.4 is 0 Å². The van der Waals surface area contributed by atoms with Gasteiger partial charge in [-0.3, -0.25) is 4.98 Å². The zero-order chi connectivity index (χ0) is 10.1. The zero-order valence-electron chi connectivity index (χ0n) is 8.29. The molecule has 0 bridgehead atoms. The van der Waals surface area contributed by atoms with Crippen LogP contribution in [0.5, 0.6) is 0 Å². The van der Waals surface area contributed by atoms with Crippen molar-refractivity contribution in [3.8, 4) is 0 Å². The lowest BCUT2D eigenvalue weighted by atomic mass is 10.0. The highest BCUT2D eigenvalue weighted by Gasteiger charge is 2.08. The molecule has 0 unspecified atom stereocenters. The number of benzene rings is 1. The maximum absolute atomic E-state index is 6.07. The topological polar surface area (TPSA) is 12.9 Å². The first-order valence-corrected chi connectivity index (χ1v) is 5.11. The first-order valence-electron chi connectivity index (χ1n) is 4.73. The van der Waals surface area contributed by atoms with Crippen molar-refractivity contribution in [3.05, 3.63) is 41.2 Å². The van der Waals surface area contributed by atoms with Crippen LogP contribution in [0.3, 0.4) is 0 Å². The van der Waals surface area contributed by atoms with Crippen molar-refractivity contribution < 1.29 is 0 Å². The van der Waals surface area contributed by atoms with Crippen LogP contribution >= 0.6 is 11.6 Å². The van der Waals surface area contributed by atoms with Crippen molar-refractivity contribution in [1.29, 1.82) is 0 Å². The third kappa shape index (κ3) is 1.48. The Kier molecular flexibility index (Phi) is 2.42. The van der Waals surface area contributed by atoms with Crippen LogP contribution in [0.4, 0.5) is 0 Å². The van der Waals surface area contributed by atoms with Gasteiger partial charge >= 0.3 is 0 Å². The minimum Gasteiger partial charge on any atom is -0.259 e. The van der Waals surface area contributed by atoms with Gasteiger partial charge in [-0.05, 0) is 5.92 Å². The molecule has 0 spiro atoms. The summed E-state index contributed by atoms with van der Waals surface area (Å²) in [5, 5.41) is 2.98. The number of nitrogens with zero attached hydrogens (tertiary/aromatic N) is 1. The van der Waals surface area contributed by atoms with Crippen LogP contribution in [0.15, 0.2) is 30.5 Å². The second kappa shape index (κ2) is 3.58. The predicted molar refractivity (Wildman–Crippen MR) is 60.8 cm³/mol. The third-order valence-electron chi connectivity index (χ3n) is 2.32. The molecule has 0 aliphatic rings. The number of fused-ring (bicyclic) bond motifs is 1. The summed E-state index contributed by atoms with van der Waals surface area (Å²) in [7, 11) is 0. The zero-order valence-corrected chi connectivity index (χ0v) is 9.05. The van der Waals surface area contributed by atoms with Crippen LogP contribution in [0.1, 0.15) is 25.5 Å². The molecule has 1 aromatic carbocycles. The fourth-order valence-electron chi connectivity index (χ4n) is 1.64. The molecule has 2 aromatic rings. The Balaban J connectivity index is 2.82. The average Bonchev–Trinajstić information content (AvgIpc) is 2.18. The van der Waals surface area contributed by atoms with E-state index in [0.717, 1.165) is 21.5 Å². The molecule has 0 atom stereocenters. The molecule has 0 aliphatic carbocycles. The van der Waals surface area contributed by atoms with E-state index in [4.69, 9.17) is 11.6 Å². The van der Waals surface area contributed by atoms with Crippen molar-refractivity contribution >= 4 is 22.4 Å². The van der Waals surface area contributed by atoms with Gasteiger partial charge in [0.2, 0.25) is 0 Å². The molecule has 0 saturated heterocycles. The minimum absolute atomic E-state index is 0.428. The lowest BCUT2D eigenvalue weighted by Gasteiger charge is -2.09. The smallest absolute Gasteiger partial charge is 0.0667 e. The molecule has 14 heavy (non-hydrogen) atoms. The van der Waals surface area contributed by atoms with Gasteiger partial charge in [0, 0.05) is 17.0 Å². The van der Waals surface area contributed by atoms with Crippen LogP contribution in [0.2, 0.25) is 5.02 Å². The summed E-state index contributed by atoms with van der Waals surface area (Å²) in [5.74, 6) is 0.428. The van der Waals surface area contributed by atoms with Gasteiger partial charge in [-0.25, -0.2) is 0 Å². The van der Waals surface area contributed by atoms with Gasteiger partial charge in [0.05, 0.1) is 10.7 Å². The second-order valence-electron chi connectivity index (χ2n) is 3.69. The Labute approximate surface area is 88.7 Å². The van der Waals surface area contributed by atoms with E-state index in [1.807, 2.05) is 18.2 Å². The van der Waals surface area contributed by atoms with Gasteiger partial charge in [-0.2, -0.15) is 0 Å². The Morgan fingerprint density at radius 3 is 2.43 bits per heavy atom. The van der Waals surface area contributed by atoms with Gasteiger partial charge < -0.3 is 0 Å². The summed E-state index contributed by atoms with van der Waals surface area (Å²) < 4.78 is 0. The molecule has 0 fully saturated rings. The summed E-state index contributed by atoms with van der Waals surface area (Å²) >= 11 is 6.07. The lowest BCUT2D eigenvalue weighted by Crippen LogP contribution is -1.93. The Bertz CT molecular complexity index is 463. The molecule has 2 rings (SSSR count). The number of pyridine rings is 1. The quantitative estimate of drug-likeness (QED) is 0.686. The SMILES string of the molecule is CC(C)c1ncc(Cl)c2ccccc12. The third-order valence-corrected chi connectivity index (χ3v) is 2.63. The molecule has 1 aromatic heterocycles. The van der Waals surface area contributed by atoms with Gasteiger partial charge in [-0.15, -0.1) is 0 Å². The molecule has 0 aliphatic heterocycles. The summed E-state index contributed by atoms with van der Waals surface area (Å²) in [6.45, 7) is 4.28. The van der Waals surface area contributed by atoms with Crippen LogP contribution in [0, 0.1) is 0 Å². The van der Waals surface area contributed by atoms with E-state index in [-0.39, 0.29) is 0 Å².